The molecule has 4 rings (SSSR count). The number of hydrogen-bond acceptors (Lipinski definition) is 5. The third kappa shape index (κ3) is 6.61. The Morgan fingerprint density at radius 1 is 1.05 bits per heavy atom. The largest absolute Gasteiger partial charge is 0.459 e. The van der Waals surface area contributed by atoms with Gasteiger partial charge in [-0.2, -0.15) is 4.36 Å². The van der Waals surface area contributed by atoms with E-state index >= 15 is 0 Å². The number of benzene rings is 2. The first-order valence-electron chi connectivity index (χ1n) is 11.1. The van der Waals surface area contributed by atoms with Crippen LogP contribution in [0, 0.1) is 18.8 Å². The maximum absolute atomic E-state index is 13.1. The zero-order valence-corrected chi connectivity index (χ0v) is 22.4. The molecule has 2 aromatic carbocycles. The number of pyridine rings is 1. The molecular formula is C28H22BrN3O4S. The topological polar surface area (TPSA) is 102 Å². The molecule has 0 aliphatic carbocycles. The van der Waals surface area contributed by atoms with Gasteiger partial charge >= 0.3 is 0 Å². The number of carbonyl (C=O) groups is 2. The second-order valence-corrected chi connectivity index (χ2v) is 11.0. The lowest BCUT2D eigenvalue weighted by Gasteiger charge is -2.05. The van der Waals surface area contributed by atoms with E-state index in [9.17, 15) is 13.8 Å². The summed E-state index contributed by atoms with van der Waals surface area (Å²) in [5, 5.41) is 3.47. The monoisotopic (exact) mass is 575 g/mol. The summed E-state index contributed by atoms with van der Waals surface area (Å²) in [5.41, 5.74) is 3.67. The van der Waals surface area contributed by atoms with Crippen LogP contribution in [0.2, 0.25) is 0 Å². The average Bonchev–Trinajstić information content (AvgIpc) is 3.33. The number of rotatable bonds is 5. The third-order valence-corrected chi connectivity index (χ3v) is 7.61. The summed E-state index contributed by atoms with van der Waals surface area (Å²) in [7, 11) is -2.93. The Morgan fingerprint density at radius 2 is 1.81 bits per heavy atom. The minimum absolute atomic E-state index is 0.188. The summed E-state index contributed by atoms with van der Waals surface area (Å²) in [6, 6.07) is 17.4. The molecule has 1 unspecified atom stereocenters. The molecule has 1 atom stereocenters. The van der Waals surface area contributed by atoms with Crippen molar-refractivity contribution in [3.8, 4) is 11.8 Å². The molecule has 0 bridgehead atoms. The highest BCUT2D eigenvalue weighted by Gasteiger charge is 2.13. The molecule has 0 saturated carbocycles. The number of nitrogens with one attached hydrogen (secondary N) is 1. The van der Waals surface area contributed by atoms with Gasteiger partial charge in [0.2, 0.25) is 0 Å². The molecule has 0 aliphatic rings. The Bertz CT molecular complexity index is 1660. The molecule has 0 aliphatic heterocycles. The van der Waals surface area contributed by atoms with Crippen molar-refractivity contribution < 1.29 is 18.2 Å². The van der Waals surface area contributed by atoms with Crippen LogP contribution in [0.25, 0.3) is 0 Å². The molecule has 0 fully saturated rings. The number of hydrogen-bond donors (Lipinski definition) is 1. The van der Waals surface area contributed by atoms with Crippen molar-refractivity contribution in [2.45, 2.75) is 17.1 Å². The third-order valence-electron chi connectivity index (χ3n) is 5.30. The van der Waals surface area contributed by atoms with E-state index in [2.05, 4.69) is 42.4 Å². The predicted octanol–water partition coefficient (Wildman–Crippen LogP) is 5.83. The van der Waals surface area contributed by atoms with E-state index in [0.717, 1.165) is 11.1 Å². The summed E-state index contributed by atoms with van der Waals surface area (Å²) >= 11 is 3.37. The van der Waals surface area contributed by atoms with E-state index in [1.807, 2.05) is 12.1 Å². The van der Waals surface area contributed by atoms with E-state index in [0.29, 0.717) is 27.0 Å². The van der Waals surface area contributed by atoms with E-state index in [1.165, 1.54) is 24.9 Å². The normalized spacial score (nSPS) is 12.1. The standard InChI is InChI=1S/C28H22BrN3O4S/c1-19-12-13-36-26(19)28(34)31-24-5-3-4-20(15-24)6-7-22-14-23(18-30-17-22)27(33)32-37(2,35)25-10-8-21(16-29)9-11-25/h3-5,8-15,17-18H,16H2,1-2H3,(H,31,34). The predicted molar refractivity (Wildman–Crippen MR) is 146 cm³/mol. The van der Waals surface area contributed by atoms with Crippen LogP contribution in [0.15, 0.2) is 93.0 Å². The van der Waals surface area contributed by atoms with Gasteiger partial charge in [0.15, 0.2) is 5.76 Å². The lowest BCUT2D eigenvalue weighted by atomic mass is 10.1. The van der Waals surface area contributed by atoms with Crippen LogP contribution in [0.5, 0.6) is 0 Å². The second kappa shape index (κ2) is 11.4. The summed E-state index contributed by atoms with van der Waals surface area (Å²) in [6.07, 6.45) is 5.79. The average molecular weight is 576 g/mol. The maximum Gasteiger partial charge on any atom is 0.291 e. The van der Waals surface area contributed by atoms with Crippen molar-refractivity contribution >= 4 is 43.2 Å². The van der Waals surface area contributed by atoms with E-state index in [-0.39, 0.29) is 17.2 Å². The van der Waals surface area contributed by atoms with Gasteiger partial charge in [0, 0.05) is 51.3 Å². The molecule has 0 spiro atoms. The molecule has 186 valence electrons. The molecule has 37 heavy (non-hydrogen) atoms. The van der Waals surface area contributed by atoms with E-state index < -0.39 is 15.6 Å². The van der Waals surface area contributed by atoms with Gasteiger partial charge in [-0.05, 0) is 55.0 Å². The van der Waals surface area contributed by atoms with Crippen molar-refractivity contribution in [1.82, 2.24) is 4.98 Å². The minimum Gasteiger partial charge on any atom is -0.459 e. The Labute approximate surface area is 223 Å². The molecular weight excluding hydrogens is 554 g/mol. The van der Waals surface area contributed by atoms with Crippen LogP contribution in [-0.2, 0) is 15.1 Å². The molecule has 0 radical (unpaired) electrons. The number of aryl methyl sites for hydroxylation is 1. The first kappa shape index (κ1) is 26.1. The Balaban J connectivity index is 1.51. The summed E-state index contributed by atoms with van der Waals surface area (Å²) in [4.78, 5) is 29.7. The van der Waals surface area contributed by atoms with Gasteiger partial charge in [0.1, 0.15) is 0 Å². The molecule has 7 nitrogen and oxygen atoms in total. The molecule has 2 heterocycles. The zero-order valence-electron chi connectivity index (χ0n) is 20.0. The molecule has 9 heteroatoms. The first-order chi connectivity index (χ1) is 17.7. The van der Waals surface area contributed by atoms with Crippen LogP contribution in [0.3, 0.4) is 0 Å². The fourth-order valence-electron chi connectivity index (χ4n) is 3.33. The van der Waals surface area contributed by atoms with Gasteiger partial charge < -0.3 is 9.73 Å². The Hall–Kier alpha value is -4.00. The van der Waals surface area contributed by atoms with Crippen molar-refractivity contribution in [2.24, 2.45) is 4.36 Å². The fourth-order valence-corrected chi connectivity index (χ4v) is 4.87. The number of halogens is 1. The SMILES string of the molecule is Cc1ccoc1C(=O)Nc1cccc(C#Cc2cncc(C(=O)N=S(C)(=O)c3ccc(CBr)cc3)c2)c1. The maximum atomic E-state index is 13.1. The van der Waals surface area contributed by atoms with Crippen molar-refractivity contribution in [1.29, 1.82) is 0 Å². The van der Waals surface area contributed by atoms with Gasteiger partial charge in [-0.3, -0.25) is 14.6 Å². The van der Waals surface area contributed by atoms with Crippen LogP contribution >= 0.6 is 15.9 Å². The number of anilines is 1. The van der Waals surface area contributed by atoms with Gasteiger partial charge in [0.05, 0.1) is 21.6 Å². The number of amides is 2. The minimum atomic E-state index is -2.93. The second-order valence-electron chi connectivity index (χ2n) is 8.16. The van der Waals surface area contributed by atoms with Gasteiger partial charge in [0.25, 0.3) is 11.8 Å². The van der Waals surface area contributed by atoms with Crippen LogP contribution in [0.1, 0.15) is 43.2 Å². The highest BCUT2D eigenvalue weighted by Crippen LogP contribution is 2.17. The summed E-state index contributed by atoms with van der Waals surface area (Å²) < 4.78 is 22.3. The number of furan rings is 1. The van der Waals surface area contributed by atoms with Gasteiger partial charge in [-0.15, -0.1) is 0 Å². The van der Waals surface area contributed by atoms with Gasteiger partial charge in [-0.1, -0.05) is 46.0 Å². The molecule has 4 aromatic rings. The van der Waals surface area contributed by atoms with Crippen LogP contribution in [0.4, 0.5) is 5.69 Å². The number of carbonyl (C=O) groups excluding carboxylic acids is 2. The van der Waals surface area contributed by atoms with Crippen molar-refractivity contribution in [3.05, 3.63) is 113 Å². The highest BCUT2D eigenvalue weighted by atomic mass is 79.9. The fraction of sp³-hybridized carbons (Fsp3) is 0.107. The van der Waals surface area contributed by atoms with Gasteiger partial charge in [-0.25, -0.2) is 4.21 Å². The molecule has 2 amide bonds. The van der Waals surface area contributed by atoms with Crippen LogP contribution < -0.4 is 5.32 Å². The number of nitrogens with zero attached hydrogens (tertiary/aromatic N) is 2. The Kier molecular flexibility index (Phi) is 8.01. The smallest absolute Gasteiger partial charge is 0.291 e. The van der Waals surface area contributed by atoms with Crippen molar-refractivity contribution in [2.75, 3.05) is 11.6 Å². The summed E-state index contributed by atoms with van der Waals surface area (Å²) in [6.45, 7) is 1.79. The zero-order chi connectivity index (χ0) is 26.4. The van der Waals surface area contributed by atoms with E-state index in [4.69, 9.17) is 4.42 Å². The van der Waals surface area contributed by atoms with Crippen molar-refractivity contribution in [3.63, 3.8) is 0 Å². The quantitative estimate of drug-likeness (QED) is 0.238. The lowest BCUT2D eigenvalue weighted by Crippen LogP contribution is -2.12. The molecule has 1 N–H and O–H groups in total. The first-order valence-corrected chi connectivity index (χ1v) is 14.1. The number of alkyl halides is 1. The summed E-state index contributed by atoms with van der Waals surface area (Å²) in [5.74, 6) is 5.24. The highest BCUT2D eigenvalue weighted by molar-refractivity contribution is 9.08. The van der Waals surface area contributed by atoms with E-state index in [1.54, 1.807) is 55.5 Å². The Morgan fingerprint density at radius 3 is 2.51 bits per heavy atom. The molecule has 2 aromatic heterocycles. The number of aromatic nitrogens is 1. The molecule has 0 saturated heterocycles. The lowest BCUT2D eigenvalue weighted by molar-refractivity contribution is 0.0991. The van der Waals surface area contributed by atoms with Crippen LogP contribution in [-0.4, -0.2) is 27.3 Å².